The van der Waals surface area contributed by atoms with Gasteiger partial charge in [0.2, 0.25) is 0 Å². The van der Waals surface area contributed by atoms with Crippen molar-refractivity contribution in [3.63, 3.8) is 0 Å². The Bertz CT molecular complexity index is 388. The SMILES string of the molecule is Cc1cc(C)c(CC#N)c(CC=O)c1. The minimum atomic E-state index is 0.384. The van der Waals surface area contributed by atoms with Crippen LogP contribution in [-0.2, 0) is 17.6 Å². The van der Waals surface area contributed by atoms with Crippen LogP contribution in [0.5, 0.6) is 0 Å². The molecule has 0 amide bonds. The fourth-order valence-corrected chi connectivity index (χ4v) is 1.69. The van der Waals surface area contributed by atoms with Crippen molar-refractivity contribution in [2.75, 3.05) is 0 Å². The summed E-state index contributed by atoms with van der Waals surface area (Å²) < 4.78 is 0. The van der Waals surface area contributed by atoms with Crippen LogP contribution in [-0.4, -0.2) is 6.29 Å². The van der Waals surface area contributed by atoms with Crippen molar-refractivity contribution >= 4 is 6.29 Å². The molecule has 72 valence electrons. The molecule has 0 aliphatic rings. The standard InChI is InChI=1S/C12H13NO/c1-9-7-10(2)12(3-5-13)11(8-9)4-6-14/h6-8H,3-4H2,1-2H3. The Morgan fingerprint density at radius 3 is 2.71 bits per heavy atom. The number of nitrogens with zero attached hydrogens (tertiary/aromatic N) is 1. The van der Waals surface area contributed by atoms with Gasteiger partial charge in [-0.1, -0.05) is 17.7 Å². The highest BCUT2D eigenvalue weighted by Gasteiger charge is 2.05. The van der Waals surface area contributed by atoms with E-state index in [9.17, 15) is 4.79 Å². The molecule has 0 spiro atoms. The summed E-state index contributed by atoms with van der Waals surface area (Å²) in [5, 5.41) is 8.67. The molecule has 0 heterocycles. The normalized spacial score (nSPS) is 9.50. The minimum Gasteiger partial charge on any atom is -0.303 e. The Morgan fingerprint density at radius 2 is 2.14 bits per heavy atom. The number of hydrogen-bond donors (Lipinski definition) is 0. The third-order valence-corrected chi connectivity index (χ3v) is 2.27. The van der Waals surface area contributed by atoms with Crippen molar-refractivity contribution < 1.29 is 4.79 Å². The Labute approximate surface area is 84.2 Å². The minimum absolute atomic E-state index is 0.384. The fourth-order valence-electron chi connectivity index (χ4n) is 1.69. The van der Waals surface area contributed by atoms with Crippen molar-refractivity contribution in [1.82, 2.24) is 0 Å². The molecule has 0 bridgehead atoms. The Hall–Kier alpha value is -1.62. The lowest BCUT2D eigenvalue weighted by atomic mass is 9.95. The molecule has 0 saturated heterocycles. The number of carbonyl (C=O) groups excluding carboxylic acids is 1. The van der Waals surface area contributed by atoms with E-state index in [0.717, 1.165) is 28.5 Å². The first kappa shape index (κ1) is 10.5. The topological polar surface area (TPSA) is 40.9 Å². The van der Waals surface area contributed by atoms with Crippen LogP contribution in [0.3, 0.4) is 0 Å². The molecule has 1 rings (SSSR count). The zero-order valence-electron chi connectivity index (χ0n) is 8.50. The average Bonchev–Trinajstić information content (AvgIpc) is 2.11. The van der Waals surface area contributed by atoms with E-state index >= 15 is 0 Å². The molecule has 0 saturated carbocycles. The lowest BCUT2D eigenvalue weighted by molar-refractivity contribution is -0.107. The summed E-state index contributed by atoms with van der Waals surface area (Å²) in [4.78, 5) is 10.5. The molecule has 14 heavy (non-hydrogen) atoms. The molecular formula is C12H13NO. The number of aldehydes is 1. The second-order valence-electron chi connectivity index (χ2n) is 3.43. The number of rotatable bonds is 3. The van der Waals surface area contributed by atoms with Crippen LogP contribution in [0, 0.1) is 25.2 Å². The maximum absolute atomic E-state index is 10.5. The van der Waals surface area contributed by atoms with Gasteiger partial charge in [0.05, 0.1) is 12.5 Å². The maximum Gasteiger partial charge on any atom is 0.124 e. The Morgan fingerprint density at radius 1 is 1.43 bits per heavy atom. The van der Waals surface area contributed by atoms with Gasteiger partial charge in [0.15, 0.2) is 0 Å². The molecule has 1 aromatic rings. The van der Waals surface area contributed by atoms with E-state index in [1.54, 1.807) is 0 Å². The highest BCUT2D eigenvalue weighted by atomic mass is 16.1. The monoisotopic (exact) mass is 187 g/mol. The van der Waals surface area contributed by atoms with Gasteiger partial charge in [0.25, 0.3) is 0 Å². The van der Waals surface area contributed by atoms with Gasteiger partial charge in [-0.2, -0.15) is 5.26 Å². The molecule has 0 aromatic heterocycles. The predicted molar refractivity (Wildman–Crippen MR) is 55.0 cm³/mol. The van der Waals surface area contributed by atoms with E-state index in [1.165, 1.54) is 0 Å². The Kier molecular flexibility index (Phi) is 3.41. The van der Waals surface area contributed by atoms with Crippen molar-refractivity contribution in [2.24, 2.45) is 0 Å². The van der Waals surface area contributed by atoms with Crippen LogP contribution in [0.25, 0.3) is 0 Å². The first-order chi connectivity index (χ1) is 6.69. The molecule has 0 aliphatic carbocycles. The van der Waals surface area contributed by atoms with E-state index in [1.807, 2.05) is 26.0 Å². The number of hydrogen-bond acceptors (Lipinski definition) is 2. The number of nitriles is 1. The van der Waals surface area contributed by atoms with Gasteiger partial charge >= 0.3 is 0 Å². The van der Waals surface area contributed by atoms with Gasteiger partial charge in [-0.3, -0.25) is 0 Å². The van der Waals surface area contributed by atoms with Gasteiger partial charge in [0.1, 0.15) is 6.29 Å². The van der Waals surface area contributed by atoms with Crippen LogP contribution in [0.15, 0.2) is 12.1 Å². The highest BCUT2D eigenvalue weighted by molar-refractivity contribution is 5.57. The maximum atomic E-state index is 10.5. The zero-order chi connectivity index (χ0) is 10.6. The summed E-state index contributed by atoms with van der Waals surface area (Å²) in [5.74, 6) is 0. The zero-order valence-corrected chi connectivity index (χ0v) is 8.50. The second-order valence-corrected chi connectivity index (χ2v) is 3.43. The molecule has 1 aromatic carbocycles. The van der Waals surface area contributed by atoms with Crippen LogP contribution in [0.4, 0.5) is 0 Å². The molecule has 0 aliphatic heterocycles. The van der Waals surface area contributed by atoms with Crippen LogP contribution >= 0.6 is 0 Å². The van der Waals surface area contributed by atoms with Crippen molar-refractivity contribution in [3.8, 4) is 6.07 Å². The number of benzene rings is 1. The Balaban J connectivity index is 3.22. The highest BCUT2D eigenvalue weighted by Crippen LogP contribution is 2.17. The van der Waals surface area contributed by atoms with E-state index in [0.29, 0.717) is 12.8 Å². The first-order valence-corrected chi connectivity index (χ1v) is 4.58. The third-order valence-electron chi connectivity index (χ3n) is 2.27. The van der Waals surface area contributed by atoms with E-state index < -0.39 is 0 Å². The lowest BCUT2D eigenvalue weighted by Gasteiger charge is -2.09. The summed E-state index contributed by atoms with van der Waals surface area (Å²) in [6.07, 6.45) is 1.67. The van der Waals surface area contributed by atoms with Gasteiger partial charge in [-0.25, -0.2) is 0 Å². The first-order valence-electron chi connectivity index (χ1n) is 4.58. The van der Waals surface area contributed by atoms with Crippen LogP contribution in [0.1, 0.15) is 22.3 Å². The molecule has 0 fully saturated rings. The van der Waals surface area contributed by atoms with Crippen molar-refractivity contribution in [1.29, 1.82) is 5.26 Å². The molecule has 0 radical (unpaired) electrons. The molecule has 2 heteroatoms. The van der Waals surface area contributed by atoms with E-state index in [-0.39, 0.29) is 0 Å². The molecule has 0 atom stereocenters. The van der Waals surface area contributed by atoms with Gasteiger partial charge in [-0.15, -0.1) is 0 Å². The van der Waals surface area contributed by atoms with Gasteiger partial charge in [0, 0.05) is 6.42 Å². The molecule has 0 N–H and O–H groups in total. The van der Waals surface area contributed by atoms with E-state index in [4.69, 9.17) is 5.26 Å². The van der Waals surface area contributed by atoms with Crippen molar-refractivity contribution in [3.05, 3.63) is 34.4 Å². The van der Waals surface area contributed by atoms with Gasteiger partial charge in [-0.05, 0) is 30.5 Å². The average molecular weight is 187 g/mol. The summed E-state index contributed by atoms with van der Waals surface area (Å²) in [7, 11) is 0. The number of carbonyl (C=O) groups is 1. The number of aryl methyl sites for hydroxylation is 2. The fraction of sp³-hybridized carbons (Fsp3) is 0.333. The lowest BCUT2D eigenvalue weighted by Crippen LogP contribution is -1.98. The molecule has 2 nitrogen and oxygen atoms in total. The summed E-state index contributed by atoms with van der Waals surface area (Å²) in [6, 6.07) is 6.15. The summed E-state index contributed by atoms with van der Waals surface area (Å²) >= 11 is 0. The summed E-state index contributed by atoms with van der Waals surface area (Å²) in [6.45, 7) is 3.98. The van der Waals surface area contributed by atoms with E-state index in [2.05, 4.69) is 6.07 Å². The summed E-state index contributed by atoms with van der Waals surface area (Å²) in [5.41, 5.74) is 4.23. The second kappa shape index (κ2) is 4.57. The third kappa shape index (κ3) is 2.20. The molecule has 0 unspecified atom stereocenters. The quantitative estimate of drug-likeness (QED) is 0.680. The smallest absolute Gasteiger partial charge is 0.124 e. The van der Waals surface area contributed by atoms with Crippen LogP contribution < -0.4 is 0 Å². The van der Waals surface area contributed by atoms with Crippen molar-refractivity contribution in [2.45, 2.75) is 26.7 Å². The predicted octanol–water partition coefficient (Wildman–Crippen LogP) is 2.11. The van der Waals surface area contributed by atoms with Crippen LogP contribution in [0.2, 0.25) is 0 Å². The van der Waals surface area contributed by atoms with Gasteiger partial charge < -0.3 is 4.79 Å². The molecular weight excluding hydrogens is 174 g/mol. The largest absolute Gasteiger partial charge is 0.303 e.